The summed E-state index contributed by atoms with van der Waals surface area (Å²) in [6.07, 6.45) is 7.87. The molecule has 9 heteroatoms. The number of pyridine rings is 1. The Labute approximate surface area is 193 Å². The van der Waals surface area contributed by atoms with Crippen molar-refractivity contribution in [1.29, 1.82) is 5.26 Å². The Balaban J connectivity index is 0.000000243. The van der Waals surface area contributed by atoms with E-state index >= 15 is 0 Å². The van der Waals surface area contributed by atoms with E-state index in [1.165, 1.54) is 19.3 Å². The standard InChI is InChI=1S/C16H18N8.C8H13N/c1-8(2)24-9(3)19-12-5-4-11(20-15(12)24)10-6-7-23-13(10)14(17)21-16(18)22-23;1-8(7-9)5-3-2-4-6-8/h4-8H,1-3H3,(H4,17,18,21,22);2-6H2,1H3. The van der Waals surface area contributed by atoms with Crippen molar-refractivity contribution >= 4 is 28.4 Å². The Morgan fingerprint density at radius 3 is 2.42 bits per heavy atom. The molecule has 1 fully saturated rings. The molecule has 0 aliphatic heterocycles. The van der Waals surface area contributed by atoms with Crippen LogP contribution in [0.25, 0.3) is 27.9 Å². The smallest absolute Gasteiger partial charge is 0.240 e. The third kappa shape index (κ3) is 4.33. The Morgan fingerprint density at radius 2 is 1.79 bits per heavy atom. The van der Waals surface area contributed by atoms with Crippen molar-refractivity contribution in [2.75, 3.05) is 11.5 Å². The number of aryl methyl sites for hydroxylation is 1. The van der Waals surface area contributed by atoms with Gasteiger partial charge in [-0.25, -0.2) is 14.5 Å². The quantitative estimate of drug-likeness (QED) is 0.457. The highest BCUT2D eigenvalue weighted by atomic mass is 15.3. The van der Waals surface area contributed by atoms with Crippen LogP contribution in [0.15, 0.2) is 24.4 Å². The van der Waals surface area contributed by atoms with Crippen LogP contribution in [0.3, 0.4) is 0 Å². The Kier molecular flexibility index (Phi) is 5.93. The molecule has 172 valence electrons. The molecule has 33 heavy (non-hydrogen) atoms. The number of hydrogen-bond donors (Lipinski definition) is 2. The van der Waals surface area contributed by atoms with E-state index in [1.54, 1.807) is 10.7 Å². The van der Waals surface area contributed by atoms with Gasteiger partial charge in [0.1, 0.15) is 16.9 Å². The van der Waals surface area contributed by atoms with Gasteiger partial charge < -0.3 is 16.0 Å². The number of rotatable bonds is 2. The lowest BCUT2D eigenvalue weighted by Crippen LogP contribution is -2.16. The zero-order chi connectivity index (χ0) is 23.8. The van der Waals surface area contributed by atoms with Crippen LogP contribution in [0.2, 0.25) is 0 Å². The molecule has 5 rings (SSSR count). The van der Waals surface area contributed by atoms with Gasteiger partial charge in [-0.1, -0.05) is 19.3 Å². The van der Waals surface area contributed by atoms with E-state index in [4.69, 9.17) is 21.7 Å². The molecular formula is C24H31N9. The lowest BCUT2D eigenvalue weighted by atomic mass is 9.77. The second-order valence-electron chi connectivity index (χ2n) is 9.27. The van der Waals surface area contributed by atoms with Gasteiger partial charge in [0.2, 0.25) is 5.95 Å². The van der Waals surface area contributed by atoms with Gasteiger partial charge in [-0.3, -0.25) is 0 Å². The van der Waals surface area contributed by atoms with Crippen molar-refractivity contribution < 1.29 is 0 Å². The average molecular weight is 446 g/mol. The molecular weight excluding hydrogens is 414 g/mol. The van der Waals surface area contributed by atoms with E-state index in [0.29, 0.717) is 11.3 Å². The molecule has 4 N–H and O–H groups in total. The molecule has 0 amide bonds. The number of nitrogens with zero attached hydrogens (tertiary/aromatic N) is 7. The fourth-order valence-electron chi connectivity index (χ4n) is 4.58. The SMILES string of the molecule is CC1(C#N)CCCCC1.Cc1nc2ccc(-c3ccn4nc(N)nc(N)c34)nc2n1C(C)C. The maximum Gasteiger partial charge on any atom is 0.240 e. The second kappa shape index (κ2) is 8.70. The molecule has 9 nitrogen and oxygen atoms in total. The summed E-state index contributed by atoms with van der Waals surface area (Å²) >= 11 is 0. The van der Waals surface area contributed by atoms with E-state index in [-0.39, 0.29) is 17.4 Å². The summed E-state index contributed by atoms with van der Waals surface area (Å²) < 4.78 is 3.75. The summed E-state index contributed by atoms with van der Waals surface area (Å²) in [5.74, 6) is 1.42. The predicted octanol–water partition coefficient (Wildman–Crippen LogP) is 4.68. The van der Waals surface area contributed by atoms with Crippen molar-refractivity contribution in [3.8, 4) is 17.3 Å². The van der Waals surface area contributed by atoms with E-state index in [0.717, 1.165) is 41.1 Å². The number of nitriles is 1. The van der Waals surface area contributed by atoms with Gasteiger partial charge in [0.25, 0.3) is 0 Å². The summed E-state index contributed by atoms with van der Waals surface area (Å²) in [7, 11) is 0. The van der Waals surface area contributed by atoms with E-state index in [1.807, 2.05) is 25.1 Å². The minimum Gasteiger partial charge on any atom is -0.382 e. The Hall–Kier alpha value is -3.67. The summed E-state index contributed by atoms with van der Waals surface area (Å²) in [6.45, 7) is 8.30. The van der Waals surface area contributed by atoms with Crippen LogP contribution in [0.5, 0.6) is 0 Å². The van der Waals surface area contributed by atoms with Crippen molar-refractivity contribution in [2.24, 2.45) is 5.41 Å². The molecule has 4 aromatic heterocycles. The van der Waals surface area contributed by atoms with Crippen molar-refractivity contribution in [2.45, 2.75) is 65.8 Å². The number of nitrogen functional groups attached to an aromatic ring is 2. The molecule has 0 spiro atoms. The highest BCUT2D eigenvalue weighted by Crippen LogP contribution is 2.34. The second-order valence-corrected chi connectivity index (χ2v) is 9.27. The summed E-state index contributed by atoms with van der Waals surface area (Å²) in [4.78, 5) is 13.4. The lowest BCUT2D eigenvalue weighted by molar-refractivity contribution is 0.296. The van der Waals surface area contributed by atoms with Gasteiger partial charge in [0, 0.05) is 17.8 Å². The highest BCUT2D eigenvalue weighted by molar-refractivity contribution is 5.88. The van der Waals surface area contributed by atoms with Crippen LogP contribution >= 0.6 is 0 Å². The van der Waals surface area contributed by atoms with E-state index in [2.05, 4.69) is 46.5 Å². The molecule has 0 radical (unpaired) electrons. The van der Waals surface area contributed by atoms with Gasteiger partial charge in [0.15, 0.2) is 11.5 Å². The topological polar surface area (TPSA) is 137 Å². The van der Waals surface area contributed by atoms with Gasteiger partial charge in [-0.15, -0.1) is 5.10 Å². The maximum atomic E-state index is 8.70. The number of fused-ring (bicyclic) bond motifs is 2. The number of anilines is 2. The van der Waals surface area contributed by atoms with Crippen molar-refractivity contribution in [3.05, 3.63) is 30.2 Å². The third-order valence-corrected chi connectivity index (χ3v) is 6.29. The van der Waals surface area contributed by atoms with Crippen molar-refractivity contribution in [3.63, 3.8) is 0 Å². The monoisotopic (exact) mass is 445 g/mol. The first kappa shape index (κ1) is 22.5. The maximum absolute atomic E-state index is 8.70. The minimum atomic E-state index is 0.0260. The molecule has 0 saturated heterocycles. The Morgan fingerprint density at radius 1 is 1.06 bits per heavy atom. The molecule has 1 aliphatic rings. The van der Waals surface area contributed by atoms with Crippen LogP contribution in [0, 0.1) is 23.7 Å². The van der Waals surface area contributed by atoms with Crippen LogP contribution in [0.1, 0.15) is 64.7 Å². The fourth-order valence-corrected chi connectivity index (χ4v) is 4.58. The largest absolute Gasteiger partial charge is 0.382 e. The molecule has 4 aromatic rings. The lowest BCUT2D eigenvalue weighted by Gasteiger charge is -2.25. The average Bonchev–Trinajstić information content (AvgIpc) is 3.34. The number of aromatic nitrogens is 6. The van der Waals surface area contributed by atoms with E-state index in [9.17, 15) is 0 Å². The first-order valence-electron chi connectivity index (χ1n) is 11.4. The van der Waals surface area contributed by atoms with Gasteiger partial charge in [-0.2, -0.15) is 10.2 Å². The first-order valence-corrected chi connectivity index (χ1v) is 11.4. The first-order chi connectivity index (χ1) is 15.7. The van der Waals surface area contributed by atoms with Crippen molar-refractivity contribution in [1.82, 2.24) is 29.1 Å². The third-order valence-electron chi connectivity index (χ3n) is 6.29. The normalized spacial score (nSPS) is 15.4. The number of nitrogens with two attached hydrogens (primary N) is 2. The van der Waals surface area contributed by atoms with Crippen LogP contribution in [0.4, 0.5) is 11.8 Å². The van der Waals surface area contributed by atoms with Crippen LogP contribution in [-0.2, 0) is 0 Å². The summed E-state index contributed by atoms with van der Waals surface area (Å²) in [6, 6.07) is 8.48. The number of imidazole rings is 1. The zero-order valence-electron chi connectivity index (χ0n) is 19.7. The van der Waals surface area contributed by atoms with Gasteiger partial charge in [-0.05, 0) is 58.7 Å². The minimum absolute atomic E-state index is 0.0260. The van der Waals surface area contributed by atoms with Gasteiger partial charge >= 0.3 is 0 Å². The summed E-state index contributed by atoms with van der Waals surface area (Å²) in [5.41, 5.74) is 15.8. The van der Waals surface area contributed by atoms with Gasteiger partial charge in [0.05, 0.1) is 17.2 Å². The molecule has 0 aromatic carbocycles. The highest BCUT2D eigenvalue weighted by Gasteiger charge is 2.25. The predicted molar refractivity (Wildman–Crippen MR) is 130 cm³/mol. The molecule has 0 unspecified atom stereocenters. The molecule has 1 aliphatic carbocycles. The van der Waals surface area contributed by atoms with Crippen LogP contribution in [-0.4, -0.2) is 29.1 Å². The molecule has 1 saturated carbocycles. The summed E-state index contributed by atoms with van der Waals surface area (Å²) in [5, 5.41) is 12.9. The fraction of sp³-hybridized carbons (Fsp3) is 0.458. The molecule has 0 atom stereocenters. The molecule has 4 heterocycles. The zero-order valence-corrected chi connectivity index (χ0v) is 19.7. The molecule has 0 bridgehead atoms. The van der Waals surface area contributed by atoms with E-state index < -0.39 is 0 Å². The Bertz CT molecular complexity index is 1330. The number of hydrogen-bond acceptors (Lipinski definition) is 7. The van der Waals surface area contributed by atoms with Crippen LogP contribution < -0.4 is 11.5 Å².